The Kier molecular flexibility index (Phi) is 4.86. The zero-order chi connectivity index (χ0) is 18.9. The number of nitrogens with zero attached hydrogens (tertiary/aromatic N) is 4. The van der Waals surface area contributed by atoms with Gasteiger partial charge in [-0.15, -0.1) is 10.2 Å². The van der Waals surface area contributed by atoms with Crippen LogP contribution >= 0.6 is 11.6 Å². The molecule has 0 spiro atoms. The summed E-state index contributed by atoms with van der Waals surface area (Å²) in [7, 11) is -3.55. The summed E-state index contributed by atoms with van der Waals surface area (Å²) in [6, 6.07) is 13.7. The van der Waals surface area contributed by atoms with E-state index in [4.69, 9.17) is 16.0 Å². The van der Waals surface area contributed by atoms with Crippen LogP contribution in [0.2, 0.25) is 5.02 Å². The van der Waals surface area contributed by atoms with Crippen molar-refractivity contribution in [3.8, 4) is 11.5 Å². The number of hydrogen-bond acceptors (Lipinski definition) is 6. The van der Waals surface area contributed by atoms with Crippen molar-refractivity contribution in [3.63, 3.8) is 0 Å². The second-order valence-corrected chi connectivity index (χ2v) is 8.48. The normalized spacial score (nSPS) is 15.8. The van der Waals surface area contributed by atoms with E-state index < -0.39 is 10.0 Å². The number of rotatable bonds is 4. The summed E-state index contributed by atoms with van der Waals surface area (Å²) in [5, 5.41) is 8.84. The molecule has 2 aromatic heterocycles. The first kappa shape index (κ1) is 18.0. The zero-order valence-electron chi connectivity index (χ0n) is 14.3. The molecule has 0 unspecified atom stereocenters. The SMILES string of the molecule is O=S(=O)(c1cccc(Cl)c1)N1CCN(c2ccc(-c3ccco3)nn2)CC1. The minimum absolute atomic E-state index is 0.214. The van der Waals surface area contributed by atoms with Gasteiger partial charge in [-0.25, -0.2) is 8.42 Å². The molecule has 0 saturated carbocycles. The van der Waals surface area contributed by atoms with E-state index in [1.165, 1.54) is 10.4 Å². The number of benzene rings is 1. The largest absolute Gasteiger partial charge is 0.463 e. The number of sulfonamides is 1. The Morgan fingerprint density at radius 3 is 2.41 bits per heavy atom. The molecule has 3 aromatic rings. The average molecular weight is 405 g/mol. The lowest BCUT2D eigenvalue weighted by Gasteiger charge is -2.34. The summed E-state index contributed by atoms with van der Waals surface area (Å²) in [4.78, 5) is 2.23. The molecule has 0 amide bonds. The summed E-state index contributed by atoms with van der Waals surface area (Å²) < 4.78 is 32.3. The number of anilines is 1. The second kappa shape index (κ2) is 7.30. The highest BCUT2D eigenvalue weighted by Crippen LogP contribution is 2.23. The minimum atomic E-state index is -3.55. The van der Waals surface area contributed by atoms with Gasteiger partial charge in [0.25, 0.3) is 0 Å². The molecule has 1 aliphatic heterocycles. The van der Waals surface area contributed by atoms with Crippen molar-refractivity contribution >= 4 is 27.4 Å². The Bertz CT molecular complexity index is 1020. The quantitative estimate of drug-likeness (QED) is 0.665. The Balaban J connectivity index is 1.44. The van der Waals surface area contributed by atoms with E-state index in [0.717, 1.165) is 0 Å². The number of aromatic nitrogens is 2. The fraction of sp³-hybridized carbons (Fsp3) is 0.222. The molecule has 0 bridgehead atoms. The molecule has 1 fully saturated rings. The molecule has 9 heteroatoms. The lowest BCUT2D eigenvalue weighted by Crippen LogP contribution is -2.49. The van der Waals surface area contributed by atoms with Crippen LogP contribution in [0.3, 0.4) is 0 Å². The van der Waals surface area contributed by atoms with E-state index in [1.807, 2.05) is 23.1 Å². The van der Waals surface area contributed by atoms with Crippen molar-refractivity contribution in [1.82, 2.24) is 14.5 Å². The highest BCUT2D eigenvalue weighted by atomic mass is 35.5. The fourth-order valence-corrected chi connectivity index (χ4v) is 4.71. The topological polar surface area (TPSA) is 79.5 Å². The monoisotopic (exact) mass is 404 g/mol. The van der Waals surface area contributed by atoms with Crippen molar-refractivity contribution < 1.29 is 12.8 Å². The summed E-state index contributed by atoms with van der Waals surface area (Å²) in [6.07, 6.45) is 1.59. The molecule has 0 aliphatic carbocycles. The first-order valence-electron chi connectivity index (χ1n) is 8.42. The van der Waals surface area contributed by atoms with Gasteiger partial charge in [-0.05, 0) is 42.5 Å². The van der Waals surface area contributed by atoms with Gasteiger partial charge < -0.3 is 9.32 Å². The van der Waals surface area contributed by atoms with Crippen molar-refractivity contribution in [1.29, 1.82) is 0 Å². The molecule has 1 aromatic carbocycles. The standard InChI is InChI=1S/C18H17ClN4O3S/c19-14-3-1-4-15(13-14)27(24,25)23-10-8-22(9-11-23)18-7-6-16(20-21-18)17-5-2-12-26-17/h1-7,12-13H,8-11H2. The van der Waals surface area contributed by atoms with Crippen LogP contribution in [0.25, 0.3) is 11.5 Å². The third kappa shape index (κ3) is 3.69. The van der Waals surface area contributed by atoms with Crippen molar-refractivity contribution in [3.05, 3.63) is 59.8 Å². The van der Waals surface area contributed by atoms with E-state index in [9.17, 15) is 8.42 Å². The van der Waals surface area contributed by atoms with Gasteiger partial charge in [-0.2, -0.15) is 4.31 Å². The lowest BCUT2D eigenvalue weighted by atomic mass is 10.3. The van der Waals surface area contributed by atoms with Gasteiger partial charge in [0, 0.05) is 31.2 Å². The Morgan fingerprint density at radius 2 is 1.78 bits per heavy atom. The Morgan fingerprint density at radius 1 is 0.963 bits per heavy atom. The lowest BCUT2D eigenvalue weighted by molar-refractivity contribution is 0.383. The highest BCUT2D eigenvalue weighted by Gasteiger charge is 2.29. The van der Waals surface area contributed by atoms with Gasteiger partial charge in [0.15, 0.2) is 11.6 Å². The molecule has 27 heavy (non-hydrogen) atoms. The van der Waals surface area contributed by atoms with Gasteiger partial charge in [-0.1, -0.05) is 17.7 Å². The maximum Gasteiger partial charge on any atom is 0.243 e. The highest BCUT2D eigenvalue weighted by molar-refractivity contribution is 7.89. The second-order valence-electron chi connectivity index (χ2n) is 6.10. The van der Waals surface area contributed by atoms with Gasteiger partial charge in [-0.3, -0.25) is 0 Å². The molecule has 140 valence electrons. The maximum absolute atomic E-state index is 12.8. The van der Waals surface area contributed by atoms with Crippen LogP contribution in [0.5, 0.6) is 0 Å². The first-order chi connectivity index (χ1) is 13.0. The van der Waals surface area contributed by atoms with Crippen LogP contribution < -0.4 is 4.90 Å². The number of hydrogen-bond donors (Lipinski definition) is 0. The zero-order valence-corrected chi connectivity index (χ0v) is 15.9. The van der Waals surface area contributed by atoms with E-state index in [1.54, 1.807) is 30.5 Å². The molecule has 1 aliphatic rings. The summed E-state index contributed by atoms with van der Waals surface area (Å²) in [6.45, 7) is 1.82. The first-order valence-corrected chi connectivity index (χ1v) is 10.2. The van der Waals surface area contributed by atoms with E-state index in [0.29, 0.717) is 48.5 Å². The fourth-order valence-electron chi connectivity index (χ4n) is 2.98. The van der Waals surface area contributed by atoms with Crippen molar-refractivity contribution in [2.45, 2.75) is 4.90 Å². The van der Waals surface area contributed by atoms with Crippen LogP contribution in [0.4, 0.5) is 5.82 Å². The third-order valence-electron chi connectivity index (χ3n) is 4.42. The van der Waals surface area contributed by atoms with Gasteiger partial charge in [0.05, 0.1) is 11.2 Å². The predicted molar refractivity (Wildman–Crippen MR) is 102 cm³/mol. The van der Waals surface area contributed by atoms with Gasteiger partial charge >= 0.3 is 0 Å². The number of halogens is 1. The summed E-state index contributed by atoms with van der Waals surface area (Å²) in [5.74, 6) is 1.37. The predicted octanol–water partition coefficient (Wildman–Crippen LogP) is 2.90. The number of furan rings is 1. The molecule has 7 nitrogen and oxygen atoms in total. The molecule has 0 N–H and O–H groups in total. The molecule has 0 radical (unpaired) electrons. The van der Waals surface area contributed by atoms with Crippen LogP contribution in [-0.4, -0.2) is 49.1 Å². The maximum atomic E-state index is 12.8. The van der Waals surface area contributed by atoms with E-state index in [-0.39, 0.29) is 4.90 Å². The molecular weight excluding hydrogens is 388 g/mol. The van der Waals surface area contributed by atoms with Crippen LogP contribution in [-0.2, 0) is 10.0 Å². The van der Waals surface area contributed by atoms with Gasteiger partial charge in [0.2, 0.25) is 10.0 Å². The molecule has 3 heterocycles. The van der Waals surface area contributed by atoms with Crippen LogP contribution in [0.1, 0.15) is 0 Å². The number of piperazine rings is 1. The average Bonchev–Trinajstić information content (AvgIpc) is 3.23. The molecule has 0 atom stereocenters. The van der Waals surface area contributed by atoms with Crippen LogP contribution in [0.15, 0.2) is 64.1 Å². The summed E-state index contributed by atoms with van der Waals surface area (Å²) >= 11 is 5.93. The molecule has 1 saturated heterocycles. The minimum Gasteiger partial charge on any atom is -0.463 e. The van der Waals surface area contributed by atoms with Crippen molar-refractivity contribution in [2.24, 2.45) is 0 Å². The summed E-state index contributed by atoms with van der Waals surface area (Å²) in [5.41, 5.74) is 0.658. The van der Waals surface area contributed by atoms with E-state index >= 15 is 0 Å². The van der Waals surface area contributed by atoms with Crippen molar-refractivity contribution in [2.75, 3.05) is 31.1 Å². The Hall–Kier alpha value is -2.42. The van der Waals surface area contributed by atoms with Crippen LogP contribution in [0, 0.1) is 0 Å². The molecular formula is C18H17ClN4O3S. The van der Waals surface area contributed by atoms with E-state index in [2.05, 4.69) is 10.2 Å². The Labute approximate surface area is 162 Å². The third-order valence-corrected chi connectivity index (χ3v) is 6.55. The smallest absolute Gasteiger partial charge is 0.243 e. The molecule has 4 rings (SSSR count). The van der Waals surface area contributed by atoms with Gasteiger partial charge in [0.1, 0.15) is 5.69 Å².